The number of piperidine rings is 1. The van der Waals surface area contributed by atoms with Crippen LogP contribution in [0.4, 0.5) is 0 Å². The summed E-state index contributed by atoms with van der Waals surface area (Å²) in [6, 6.07) is 9.70. The number of carbonyl (C=O) groups excluding carboxylic acids is 2. The van der Waals surface area contributed by atoms with Gasteiger partial charge in [-0.25, -0.2) is 0 Å². The summed E-state index contributed by atoms with van der Waals surface area (Å²) >= 11 is 1.58. The van der Waals surface area contributed by atoms with Gasteiger partial charge in [0, 0.05) is 36.6 Å². The van der Waals surface area contributed by atoms with Crippen LogP contribution in [-0.4, -0.2) is 54.3 Å². The van der Waals surface area contributed by atoms with Crippen molar-refractivity contribution in [2.24, 2.45) is 0 Å². The summed E-state index contributed by atoms with van der Waals surface area (Å²) in [4.78, 5) is 31.7. The molecule has 0 atom stereocenters. The summed E-state index contributed by atoms with van der Waals surface area (Å²) < 4.78 is 0. The zero-order valence-corrected chi connectivity index (χ0v) is 17.9. The van der Waals surface area contributed by atoms with E-state index in [2.05, 4.69) is 10.2 Å². The molecule has 5 nitrogen and oxygen atoms in total. The molecule has 3 heterocycles. The van der Waals surface area contributed by atoms with Crippen molar-refractivity contribution in [3.8, 4) is 0 Å². The zero-order valence-electron chi connectivity index (χ0n) is 17.1. The number of hydrogen-bond acceptors (Lipinski definition) is 4. The van der Waals surface area contributed by atoms with Crippen LogP contribution in [0.25, 0.3) is 0 Å². The molecule has 29 heavy (non-hydrogen) atoms. The van der Waals surface area contributed by atoms with Crippen molar-refractivity contribution >= 4 is 23.2 Å². The molecule has 1 aromatic carbocycles. The van der Waals surface area contributed by atoms with Crippen molar-refractivity contribution in [2.45, 2.75) is 39.2 Å². The van der Waals surface area contributed by atoms with Gasteiger partial charge in [0.05, 0.1) is 4.88 Å². The van der Waals surface area contributed by atoms with Crippen molar-refractivity contribution < 1.29 is 9.59 Å². The van der Waals surface area contributed by atoms with Crippen LogP contribution in [-0.2, 0) is 13.0 Å². The fourth-order valence-electron chi connectivity index (χ4n) is 4.09. The van der Waals surface area contributed by atoms with E-state index in [9.17, 15) is 9.59 Å². The highest BCUT2D eigenvalue weighted by molar-refractivity contribution is 7.14. The molecule has 1 fully saturated rings. The van der Waals surface area contributed by atoms with Gasteiger partial charge >= 0.3 is 0 Å². The van der Waals surface area contributed by atoms with Crippen molar-refractivity contribution in [1.82, 2.24) is 15.1 Å². The maximum Gasteiger partial charge on any atom is 0.261 e. The van der Waals surface area contributed by atoms with E-state index in [0.717, 1.165) is 47.6 Å². The fraction of sp³-hybridized carbons (Fsp3) is 0.478. The Balaban J connectivity index is 1.33. The lowest BCUT2D eigenvalue weighted by Crippen LogP contribution is -2.37. The molecular formula is C23H29N3O2S. The SMILES string of the molecule is Cc1ccc(C(=O)N2CCc3sc(C(=O)NCCN4CCCCC4)cc3C2)cc1. The van der Waals surface area contributed by atoms with Crippen LogP contribution in [0, 0.1) is 6.92 Å². The van der Waals surface area contributed by atoms with Gasteiger partial charge in [-0.2, -0.15) is 0 Å². The first-order valence-electron chi connectivity index (χ1n) is 10.6. The molecule has 2 aromatic rings. The highest BCUT2D eigenvalue weighted by Crippen LogP contribution is 2.29. The highest BCUT2D eigenvalue weighted by atomic mass is 32.1. The van der Waals surface area contributed by atoms with Crippen molar-refractivity contribution in [2.75, 3.05) is 32.7 Å². The number of benzene rings is 1. The van der Waals surface area contributed by atoms with Crippen LogP contribution in [0.2, 0.25) is 0 Å². The van der Waals surface area contributed by atoms with Crippen molar-refractivity contribution in [3.63, 3.8) is 0 Å². The Labute approximate surface area is 176 Å². The normalized spacial score (nSPS) is 17.1. The van der Waals surface area contributed by atoms with Gasteiger partial charge in [-0.1, -0.05) is 24.1 Å². The van der Waals surface area contributed by atoms with Crippen LogP contribution >= 0.6 is 11.3 Å². The minimum atomic E-state index is 0.0119. The Bertz CT molecular complexity index is 869. The molecule has 0 unspecified atom stereocenters. The molecule has 0 aliphatic carbocycles. The molecule has 154 valence electrons. The first-order valence-corrected chi connectivity index (χ1v) is 11.4. The number of amides is 2. The number of likely N-dealkylation sites (tertiary alicyclic amines) is 1. The standard InChI is InChI=1S/C23H29N3O2S/c1-17-5-7-18(8-6-17)23(28)26-13-9-20-19(16-26)15-21(29-20)22(27)24-10-14-25-11-3-2-4-12-25/h5-8,15H,2-4,9-14,16H2,1H3,(H,24,27). The highest BCUT2D eigenvalue weighted by Gasteiger charge is 2.25. The molecule has 2 amide bonds. The van der Waals surface area contributed by atoms with E-state index in [1.54, 1.807) is 11.3 Å². The number of nitrogens with one attached hydrogen (secondary N) is 1. The molecule has 2 aliphatic heterocycles. The van der Waals surface area contributed by atoms with Gasteiger partial charge in [-0.05, 0) is 63.0 Å². The maximum atomic E-state index is 12.8. The predicted molar refractivity (Wildman–Crippen MR) is 117 cm³/mol. The lowest BCUT2D eigenvalue weighted by atomic mass is 10.1. The molecule has 0 bridgehead atoms. The Morgan fingerprint density at radius 1 is 1.07 bits per heavy atom. The minimum absolute atomic E-state index is 0.0119. The Hall–Kier alpha value is -2.18. The maximum absolute atomic E-state index is 12.8. The zero-order chi connectivity index (χ0) is 20.2. The number of rotatable bonds is 5. The summed E-state index contributed by atoms with van der Waals surface area (Å²) in [6.45, 7) is 7.22. The minimum Gasteiger partial charge on any atom is -0.350 e. The Kier molecular flexibility index (Phi) is 6.31. The third kappa shape index (κ3) is 4.87. The lowest BCUT2D eigenvalue weighted by Gasteiger charge is -2.27. The van der Waals surface area contributed by atoms with Gasteiger partial charge in [-0.15, -0.1) is 11.3 Å². The van der Waals surface area contributed by atoms with Gasteiger partial charge in [0.15, 0.2) is 0 Å². The number of aryl methyl sites for hydroxylation is 1. The van der Waals surface area contributed by atoms with E-state index in [1.807, 2.05) is 42.2 Å². The second-order valence-corrected chi connectivity index (χ2v) is 9.20. The summed E-state index contributed by atoms with van der Waals surface area (Å²) in [6.07, 6.45) is 4.68. The summed E-state index contributed by atoms with van der Waals surface area (Å²) in [5.41, 5.74) is 2.99. The molecule has 1 aromatic heterocycles. The third-order valence-electron chi connectivity index (χ3n) is 5.84. The van der Waals surface area contributed by atoms with E-state index in [1.165, 1.54) is 24.1 Å². The van der Waals surface area contributed by atoms with E-state index in [-0.39, 0.29) is 11.8 Å². The second kappa shape index (κ2) is 9.09. The summed E-state index contributed by atoms with van der Waals surface area (Å²) in [7, 11) is 0. The first kappa shape index (κ1) is 20.1. The predicted octanol–water partition coefficient (Wildman–Crippen LogP) is 3.47. The second-order valence-electron chi connectivity index (χ2n) is 8.06. The van der Waals surface area contributed by atoms with Crippen molar-refractivity contribution in [1.29, 1.82) is 0 Å². The van der Waals surface area contributed by atoms with Crippen LogP contribution in [0.15, 0.2) is 30.3 Å². The number of thiophene rings is 1. The topological polar surface area (TPSA) is 52.7 Å². The van der Waals surface area contributed by atoms with Crippen LogP contribution in [0.1, 0.15) is 55.3 Å². The average Bonchev–Trinajstić information content (AvgIpc) is 3.18. The van der Waals surface area contributed by atoms with E-state index in [4.69, 9.17) is 0 Å². The van der Waals surface area contributed by atoms with Gasteiger partial charge in [-0.3, -0.25) is 9.59 Å². The fourth-order valence-corrected chi connectivity index (χ4v) is 5.17. The molecular weight excluding hydrogens is 382 g/mol. The molecule has 0 spiro atoms. The van der Waals surface area contributed by atoms with Crippen LogP contribution < -0.4 is 5.32 Å². The van der Waals surface area contributed by atoms with Crippen LogP contribution in [0.5, 0.6) is 0 Å². The summed E-state index contributed by atoms with van der Waals surface area (Å²) in [5.74, 6) is 0.0761. The van der Waals surface area contributed by atoms with Gasteiger partial charge < -0.3 is 15.1 Å². The molecule has 0 radical (unpaired) electrons. The van der Waals surface area contributed by atoms with Gasteiger partial charge in [0.1, 0.15) is 0 Å². The van der Waals surface area contributed by atoms with E-state index >= 15 is 0 Å². The largest absolute Gasteiger partial charge is 0.350 e. The number of carbonyl (C=O) groups is 2. The van der Waals surface area contributed by atoms with Crippen molar-refractivity contribution in [3.05, 3.63) is 56.8 Å². The number of hydrogen-bond donors (Lipinski definition) is 1. The van der Waals surface area contributed by atoms with Gasteiger partial charge in [0.25, 0.3) is 11.8 Å². The van der Waals surface area contributed by atoms with E-state index < -0.39 is 0 Å². The lowest BCUT2D eigenvalue weighted by molar-refractivity contribution is 0.0736. The molecule has 1 N–H and O–H groups in total. The molecule has 6 heteroatoms. The van der Waals surface area contributed by atoms with E-state index in [0.29, 0.717) is 19.6 Å². The molecule has 2 aliphatic rings. The number of nitrogens with zero attached hydrogens (tertiary/aromatic N) is 2. The molecule has 1 saturated heterocycles. The van der Waals surface area contributed by atoms with Crippen LogP contribution in [0.3, 0.4) is 0 Å². The number of fused-ring (bicyclic) bond motifs is 1. The third-order valence-corrected chi connectivity index (χ3v) is 7.07. The Morgan fingerprint density at radius 2 is 1.83 bits per heavy atom. The smallest absolute Gasteiger partial charge is 0.261 e. The summed E-state index contributed by atoms with van der Waals surface area (Å²) in [5, 5.41) is 3.07. The Morgan fingerprint density at radius 3 is 2.59 bits per heavy atom. The first-order chi connectivity index (χ1) is 14.1. The molecule has 0 saturated carbocycles. The molecule has 4 rings (SSSR count). The monoisotopic (exact) mass is 411 g/mol. The average molecular weight is 412 g/mol. The quantitative estimate of drug-likeness (QED) is 0.820. The van der Waals surface area contributed by atoms with Gasteiger partial charge in [0.2, 0.25) is 0 Å².